The Balaban J connectivity index is 1.82. The maximum atomic E-state index is 12.6. The lowest BCUT2D eigenvalue weighted by Gasteiger charge is -2.54. The molecule has 2 aliphatic rings. The van der Waals surface area contributed by atoms with Crippen LogP contribution in [0.1, 0.15) is 58.4 Å². The predicted octanol–water partition coefficient (Wildman–Crippen LogP) is 5.30. The number of hydrogen-bond acceptors (Lipinski definition) is 3. The first kappa shape index (κ1) is 19.9. The highest BCUT2D eigenvalue weighted by Gasteiger charge is 2.53. The number of benzene rings is 1. The fraction of sp³-hybridized carbons (Fsp3) is 0.583. The van der Waals surface area contributed by atoms with Crippen LogP contribution in [-0.2, 0) is 14.3 Å². The highest BCUT2D eigenvalue weighted by molar-refractivity contribution is 5.87. The zero-order valence-electron chi connectivity index (χ0n) is 16.8. The first-order valence-electron chi connectivity index (χ1n) is 10.3. The van der Waals surface area contributed by atoms with Gasteiger partial charge in [0.2, 0.25) is 0 Å². The standard InChI is InChI=1S/C24H32O3/c1-17(2)20-13-15-24(3)14-7-10-19(16-25)22(24)23(20)27-21(26)12-11-18-8-5-4-6-9-18/h4-6,8-9,11-12,16-17,19-20,22-23H,7,10,13-15H2,1-3H3/b12-11+/t19-,20+,22-,23-,24-/m1/s1. The van der Waals surface area contributed by atoms with Gasteiger partial charge in [0.25, 0.3) is 0 Å². The van der Waals surface area contributed by atoms with E-state index in [0.29, 0.717) is 11.8 Å². The molecule has 2 fully saturated rings. The molecule has 27 heavy (non-hydrogen) atoms. The fourth-order valence-corrected chi connectivity index (χ4v) is 5.39. The molecule has 2 saturated carbocycles. The van der Waals surface area contributed by atoms with Crippen LogP contribution < -0.4 is 0 Å². The SMILES string of the molecule is CC(C)[C@@H]1CC[C@@]2(C)CCC[C@H](C=O)[C@@H]2[C@@H]1OC(=O)/C=C/c1ccccc1. The maximum absolute atomic E-state index is 12.6. The molecule has 0 aromatic heterocycles. The van der Waals surface area contributed by atoms with Crippen molar-refractivity contribution >= 4 is 18.3 Å². The van der Waals surface area contributed by atoms with Crippen LogP contribution in [0, 0.1) is 29.1 Å². The fourth-order valence-electron chi connectivity index (χ4n) is 5.39. The largest absolute Gasteiger partial charge is 0.459 e. The van der Waals surface area contributed by atoms with Gasteiger partial charge < -0.3 is 9.53 Å². The monoisotopic (exact) mass is 368 g/mol. The molecule has 0 aliphatic heterocycles. The van der Waals surface area contributed by atoms with Crippen LogP contribution in [0.2, 0.25) is 0 Å². The summed E-state index contributed by atoms with van der Waals surface area (Å²) >= 11 is 0. The van der Waals surface area contributed by atoms with E-state index in [2.05, 4.69) is 20.8 Å². The molecule has 0 radical (unpaired) electrons. The van der Waals surface area contributed by atoms with Crippen LogP contribution >= 0.6 is 0 Å². The molecule has 0 N–H and O–H groups in total. The molecule has 0 saturated heterocycles. The molecule has 0 unspecified atom stereocenters. The van der Waals surface area contributed by atoms with Crippen molar-refractivity contribution in [3.63, 3.8) is 0 Å². The van der Waals surface area contributed by atoms with Gasteiger partial charge in [-0.2, -0.15) is 0 Å². The maximum Gasteiger partial charge on any atom is 0.331 e. The number of aldehydes is 1. The highest BCUT2D eigenvalue weighted by Crippen LogP contribution is 2.55. The number of ether oxygens (including phenoxy) is 1. The molecular weight excluding hydrogens is 336 g/mol. The zero-order valence-corrected chi connectivity index (χ0v) is 16.8. The smallest absolute Gasteiger partial charge is 0.331 e. The third kappa shape index (κ3) is 4.34. The molecular formula is C24H32O3. The van der Waals surface area contributed by atoms with Crippen LogP contribution in [0.4, 0.5) is 0 Å². The van der Waals surface area contributed by atoms with E-state index in [-0.39, 0.29) is 29.3 Å². The van der Waals surface area contributed by atoms with Gasteiger partial charge in [-0.05, 0) is 54.6 Å². The molecule has 2 aliphatic carbocycles. The van der Waals surface area contributed by atoms with E-state index in [1.165, 1.54) is 6.08 Å². The summed E-state index contributed by atoms with van der Waals surface area (Å²) in [5.74, 6) is 0.589. The van der Waals surface area contributed by atoms with E-state index in [1.807, 2.05) is 30.3 Å². The van der Waals surface area contributed by atoms with Gasteiger partial charge in [0.1, 0.15) is 12.4 Å². The Hall–Kier alpha value is -1.90. The summed E-state index contributed by atoms with van der Waals surface area (Å²) < 4.78 is 6.07. The predicted molar refractivity (Wildman–Crippen MR) is 108 cm³/mol. The Morgan fingerprint density at radius 1 is 1.19 bits per heavy atom. The van der Waals surface area contributed by atoms with E-state index in [4.69, 9.17) is 4.74 Å². The van der Waals surface area contributed by atoms with Gasteiger partial charge in [-0.15, -0.1) is 0 Å². The second kappa shape index (κ2) is 8.41. The minimum Gasteiger partial charge on any atom is -0.459 e. The van der Waals surface area contributed by atoms with Crippen molar-refractivity contribution < 1.29 is 14.3 Å². The number of esters is 1. The summed E-state index contributed by atoms with van der Waals surface area (Å²) in [6.45, 7) is 6.70. The van der Waals surface area contributed by atoms with Gasteiger partial charge >= 0.3 is 5.97 Å². The second-order valence-corrected chi connectivity index (χ2v) is 8.96. The summed E-state index contributed by atoms with van der Waals surface area (Å²) in [6.07, 6.45) is 9.60. The van der Waals surface area contributed by atoms with E-state index >= 15 is 0 Å². The van der Waals surface area contributed by atoms with E-state index in [1.54, 1.807) is 6.08 Å². The molecule has 1 aromatic rings. The van der Waals surface area contributed by atoms with Gasteiger partial charge in [-0.1, -0.05) is 57.5 Å². The molecule has 0 spiro atoms. The average molecular weight is 369 g/mol. The van der Waals surface area contributed by atoms with Crippen LogP contribution in [0.25, 0.3) is 6.08 Å². The molecule has 0 amide bonds. The third-order valence-corrected chi connectivity index (χ3v) is 6.87. The van der Waals surface area contributed by atoms with Gasteiger partial charge in [-0.25, -0.2) is 4.79 Å². The van der Waals surface area contributed by atoms with Crippen molar-refractivity contribution in [3.8, 4) is 0 Å². The van der Waals surface area contributed by atoms with Crippen molar-refractivity contribution in [2.24, 2.45) is 29.1 Å². The van der Waals surface area contributed by atoms with Gasteiger partial charge in [0.05, 0.1) is 0 Å². The Morgan fingerprint density at radius 2 is 1.93 bits per heavy atom. The molecule has 3 nitrogen and oxygen atoms in total. The van der Waals surface area contributed by atoms with Crippen LogP contribution in [-0.4, -0.2) is 18.4 Å². The molecule has 3 heteroatoms. The summed E-state index contributed by atoms with van der Waals surface area (Å²) in [5, 5.41) is 0. The lowest BCUT2D eigenvalue weighted by Crippen LogP contribution is -2.53. The molecule has 1 aromatic carbocycles. The topological polar surface area (TPSA) is 43.4 Å². The van der Waals surface area contributed by atoms with Gasteiger partial charge in [0, 0.05) is 17.9 Å². The number of fused-ring (bicyclic) bond motifs is 1. The Kier molecular flexibility index (Phi) is 6.18. The van der Waals surface area contributed by atoms with Crippen LogP contribution in [0.5, 0.6) is 0 Å². The normalized spacial score (nSPS) is 33.6. The molecule has 5 atom stereocenters. The lowest BCUT2D eigenvalue weighted by atomic mass is 9.52. The molecule has 3 rings (SSSR count). The summed E-state index contributed by atoms with van der Waals surface area (Å²) in [7, 11) is 0. The Labute approximate surface area is 163 Å². The number of carbonyl (C=O) groups excluding carboxylic acids is 2. The van der Waals surface area contributed by atoms with E-state index in [9.17, 15) is 9.59 Å². The minimum atomic E-state index is -0.297. The number of carbonyl (C=O) groups is 2. The van der Waals surface area contributed by atoms with Crippen molar-refractivity contribution in [1.82, 2.24) is 0 Å². The lowest BCUT2D eigenvalue weighted by molar-refractivity contribution is -0.172. The number of hydrogen-bond donors (Lipinski definition) is 0. The molecule has 0 heterocycles. The summed E-state index contributed by atoms with van der Waals surface area (Å²) in [5.41, 5.74) is 1.08. The summed E-state index contributed by atoms with van der Waals surface area (Å²) in [6, 6.07) is 9.77. The van der Waals surface area contributed by atoms with Crippen LogP contribution in [0.15, 0.2) is 36.4 Å². The van der Waals surface area contributed by atoms with Crippen molar-refractivity contribution in [2.45, 2.75) is 59.0 Å². The van der Waals surface area contributed by atoms with E-state index < -0.39 is 0 Å². The minimum absolute atomic E-state index is 0.00111. The zero-order chi connectivity index (χ0) is 19.4. The second-order valence-electron chi connectivity index (χ2n) is 8.96. The molecule has 0 bridgehead atoms. The Bertz CT molecular complexity index is 678. The Morgan fingerprint density at radius 3 is 2.59 bits per heavy atom. The van der Waals surface area contributed by atoms with Gasteiger partial charge in [0.15, 0.2) is 0 Å². The van der Waals surface area contributed by atoms with Crippen molar-refractivity contribution in [3.05, 3.63) is 42.0 Å². The average Bonchev–Trinajstić information content (AvgIpc) is 2.66. The van der Waals surface area contributed by atoms with Crippen molar-refractivity contribution in [1.29, 1.82) is 0 Å². The van der Waals surface area contributed by atoms with E-state index in [0.717, 1.165) is 44.0 Å². The first-order valence-corrected chi connectivity index (χ1v) is 10.3. The van der Waals surface area contributed by atoms with Crippen molar-refractivity contribution in [2.75, 3.05) is 0 Å². The quantitative estimate of drug-likeness (QED) is 0.402. The van der Waals surface area contributed by atoms with Gasteiger partial charge in [-0.3, -0.25) is 0 Å². The number of rotatable bonds is 5. The highest BCUT2D eigenvalue weighted by atomic mass is 16.5. The summed E-state index contributed by atoms with van der Waals surface area (Å²) in [4.78, 5) is 24.5. The molecule has 146 valence electrons. The first-order chi connectivity index (χ1) is 12.9. The third-order valence-electron chi connectivity index (χ3n) is 6.87. The van der Waals surface area contributed by atoms with Crippen LogP contribution in [0.3, 0.4) is 0 Å².